The van der Waals surface area contributed by atoms with Crippen LogP contribution in [0.2, 0.25) is 0 Å². The number of rotatable bonds is 6. The Labute approximate surface area is 171 Å². The summed E-state index contributed by atoms with van der Waals surface area (Å²) in [6.45, 7) is 3.06. The number of thiazole rings is 1. The lowest BCUT2D eigenvalue weighted by Gasteiger charge is -2.12. The lowest BCUT2D eigenvalue weighted by Crippen LogP contribution is -2.38. The topological polar surface area (TPSA) is 58.5 Å². The number of benzene rings is 1. The van der Waals surface area contributed by atoms with Gasteiger partial charge in [-0.15, -0.1) is 35.3 Å². The summed E-state index contributed by atoms with van der Waals surface area (Å²) in [5, 5.41) is 7.30. The molecule has 0 atom stereocenters. The van der Waals surface area contributed by atoms with Crippen LogP contribution in [0.4, 0.5) is 13.2 Å². The molecule has 0 fully saturated rings. The molecule has 5 nitrogen and oxygen atoms in total. The highest BCUT2D eigenvalue weighted by molar-refractivity contribution is 14.0. The first-order chi connectivity index (χ1) is 11.9. The van der Waals surface area contributed by atoms with Crippen LogP contribution in [0.1, 0.15) is 16.3 Å². The van der Waals surface area contributed by atoms with Crippen molar-refractivity contribution >= 4 is 41.3 Å². The maximum absolute atomic E-state index is 12.5. The highest BCUT2D eigenvalue weighted by Gasteiger charge is 2.33. The molecule has 0 amide bonds. The number of ether oxygens (including phenoxy) is 1. The monoisotopic (exact) mass is 500 g/mol. The molecule has 2 N–H and O–H groups in total. The van der Waals surface area contributed by atoms with Crippen LogP contribution in [-0.2, 0) is 12.7 Å². The molecular formula is C16H20F3IN4OS. The van der Waals surface area contributed by atoms with E-state index in [0.717, 1.165) is 28.0 Å². The van der Waals surface area contributed by atoms with Gasteiger partial charge in [0.15, 0.2) is 11.7 Å². The van der Waals surface area contributed by atoms with Gasteiger partial charge in [-0.2, -0.15) is 13.2 Å². The van der Waals surface area contributed by atoms with Crippen molar-refractivity contribution in [3.8, 4) is 5.75 Å². The lowest BCUT2D eigenvalue weighted by molar-refractivity contribution is -0.140. The molecule has 0 saturated carbocycles. The summed E-state index contributed by atoms with van der Waals surface area (Å²) >= 11 is 0.955. The van der Waals surface area contributed by atoms with Gasteiger partial charge in [0.1, 0.15) is 17.4 Å². The molecule has 1 aromatic heterocycles. The number of aryl methyl sites for hydroxylation is 1. The van der Waals surface area contributed by atoms with Gasteiger partial charge in [0.25, 0.3) is 0 Å². The Balaban J connectivity index is 0.00000338. The molecule has 0 bridgehead atoms. The Morgan fingerprint density at radius 2 is 2.00 bits per heavy atom. The SMILES string of the molecule is CN=C(NCCOc1ccccc1C)NCc1nc(C(F)(F)F)cs1.I. The number of halogens is 4. The molecular weight excluding hydrogens is 480 g/mol. The van der Waals surface area contributed by atoms with Gasteiger partial charge in [-0.1, -0.05) is 18.2 Å². The Hall–Kier alpha value is -1.56. The fraction of sp³-hybridized carbons (Fsp3) is 0.375. The van der Waals surface area contributed by atoms with Crippen molar-refractivity contribution in [2.75, 3.05) is 20.2 Å². The number of aliphatic imine (C=N–C) groups is 1. The fourth-order valence-electron chi connectivity index (χ4n) is 1.95. The number of hydrogen-bond donors (Lipinski definition) is 2. The zero-order chi connectivity index (χ0) is 18.3. The number of guanidine groups is 1. The van der Waals surface area contributed by atoms with Crippen LogP contribution < -0.4 is 15.4 Å². The van der Waals surface area contributed by atoms with E-state index >= 15 is 0 Å². The molecule has 0 saturated heterocycles. The van der Waals surface area contributed by atoms with Crippen LogP contribution >= 0.6 is 35.3 Å². The van der Waals surface area contributed by atoms with Crippen LogP contribution in [0.25, 0.3) is 0 Å². The molecule has 0 aliphatic carbocycles. The maximum Gasteiger partial charge on any atom is 0.434 e. The third-order valence-electron chi connectivity index (χ3n) is 3.22. The Morgan fingerprint density at radius 3 is 2.62 bits per heavy atom. The largest absolute Gasteiger partial charge is 0.491 e. The summed E-state index contributed by atoms with van der Waals surface area (Å²) in [7, 11) is 1.58. The molecule has 1 aromatic carbocycles. The van der Waals surface area contributed by atoms with Gasteiger partial charge in [-0.25, -0.2) is 4.98 Å². The molecule has 0 unspecified atom stereocenters. The summed E-state index contributed by atoms with van der Waals surface area (Å²) in [4.78, 5) is 7.57. The average Bonchev–Trinajstić information content (AvgIpc) is 3.05. The van der Waals surface area contributed by atoms with Gasteiger partial charge in [-0.3, -0.25) is 4.99 Å². The van der Waals surface area contributed by atoms with E-state index in [1.54, 1.807) is 7.05 Å². The third-order valence-corrected chi connectivity index (χ3v) is 4.07. The number of para-hydroxylation sites is 1. The van der Waals surface area contributed by atoms with Crippen LogP contribution in [0.3, 0.4) is 0 Å². The number of nitrogens with zero attached hydrogens (tertiary/aromatic N) is 2. The molecule has 10 heteroatoms. The molecule has 0 aliphatic heterocycles. The number of hydrogen-bond acceptors (Lipinski definition) is 4. The molecule has 26 heavy (non-hydrogen) atoms. The van der Waals surface area contributed by atoms with Gasteiger partial charge in [0.05, 0.1) is 13.1 Å². The van der Waals surface area contributed by atoms with Gasteiger partial charge in [-0.05, 0) is 18.6 Å². The van der Waals surface area contributed by atoms with E-state index in [-0.39, 0.29) is 30.5 Å². The van der Waals surface area contributed by atoms with Crippen molar-refractivity contribution < 1.29 is 17.9 Å². The van der Waals surface area contributed by atoms with Crippen molar-refractivity contribution in [2.45, 2.75) is 19.6 Å². The van der Waals surface area contributed by atoms with E-state index in [1.807, 2.05) is 31.2 Å². The summed E-state index contributed by atoms with van der Waals surface area (Å²) in [5.74, 6) is 1.28. The minimum atomic E-state index is -4.42. The van der Waals surface area contributed by atoms with Crippen molar-refractivity contribution in [1.29, 1.82) is 0 Å². The van der Waals surface area contributed by atoms with Crippen LogP contribution in [-0.4, -0.2) is 31.1 Å². The van der Waals surface area contributed by atoms with Gasteiger partial charge < -0.3 is 15.4 Å². The smallest absolute Gasteiger partial charge is 0.434 e. The molecule has 0 radical (unpaired) electrons. The second-order valence-electron chi connectivity index (χ2n) is 5.09. The van der Waals surface area contributed by atoms with Crippen LogP contribution in [0.15, 0.2) is 34.6 Å². The van der Waals surface area contributed by atoms with E-state index in [0.29, 0.717) is 24.1 Å². The maximum atomic E-state index is 12.5. The quantitative estimate of drug-likeness (QED) is 0.274. The normalized spacial score (nSPS) is 11.7. The molecule has 1 heterocycles. The molecule has 144 valence electrons. The van der Waals surface area contributed by atoms with E-state index in [9.17, 15) is 13.2 Å². The van der Waals surface area contributed by atoms with Crippen molar-refractivity contribution in [3.63, 3.8) is 0 Å². The summed E-state index contributed by atoms with van der Waals surface area (Å²) < 4.78 is 43.2. The first-order valence-electron chi connectivity index (χ1n) is 7.54. The van der Waals surface area contributed by atoms with Gasteiger partial charge >= 0.3 is 6.18 Å². The van der Waals surface area contributed by atoms with Gasteiger partial charge in [0.2, 0.25) is 0 Å². The first kappa shape index (κ1) is 22.5. The van der Waals surface area contributed by atoms with Crippen LogP contribution in [0, 0.1) is 6.92 Å². The number of nitrogens with one attached hydrogen (secondary N) is 2. The fourth-order valence-corrected chi connectivity index (χ4v) is 2.69. The lowest BCUT2D eigenvalue weighted by atomic mass is 10.2. The predicted molar refractivity (Wildman–Crippen MR) is 107 cm³/mol. The summed E-state index contributed by atoms with van der Waals surface area (Å²) in [6, 6.07) is 7.70. The van der Waals surface area contributed by atoms with Crippen molar-refractivity contribution in [3.05, 3.63) is 45.9 Å². The average molecular weight is 500 g/mol. The van der Waals surface area contributed by atoms with Crippen molar-refractivity contribution in [1.82, 2.24) is 15.6 Å². The third kappa shape index (κ3) is 6.98. The molecule has 0 aliphatic rings. The number of alkyl halides is 3. The first-order valence-corrected chi connectivity index (χ1v) is 8.42. The van der Waals surface area contributed by atoms with E-state index in [2.05, 4.69) is 20.6 Å². The molecule has 0 spiro atoms. The number of aromatic nitrogens is 1. The van der Waals surface area contributed by atoms with E-state index in [1.165, 1.54) is 0 Å². The predicted octanol–water partition coefficient (Wildman–Crippen LogP) is 3.83. The zero-order valence-electron chi connectivity index (χ0n) is 14.3. The Morgan fingerprint density at radius 1 is 1.27 bits per heavy atom. The second-order valence-corrected chi connectivity index (χ2v) is 6.03. The summed E-state index contributed by atoms with van der Waals surface area (Å²) in [5.41, 5.74) is 0.179. The van der Waals surface area contributed by atoms with E-state index in [4.69, 9.17) is 4.74 Å². The highest BCUT2D eigenvalue weighted by atomic mass is 127. The Bertz CT molecular complexity index is 722. The standard InChI is InChI=1S/C16H19F3N4OS.HI/c1-11-5-3-4-6-12(11)24-8-7-21-15(20-2)22-9-14-23-13(10-25-14)16(17,18)19;/h3-6,10H,7-9H2,1-2H3,(H2,20,21,22);1H. The van der Waals surface area contributed by atoms with Crippen LogP contribution in [0.5, 0.6) is 5.75 Å². The second kappa shape index (κ2) is 10.6. The van der Waals surface area contributed by atoms with Crippen molar-refractivity contribution in [2.24, 2.45) is 4.99 Å². The van der Waals surface area contributed by atoms with Gasteiger partial charge in [0, 0.05) is 12.4 Å². The Kier molecular flexibility index (Phi) is 9.13. The summed E-state index contributed by atoms with van der Waals surface area (Å²) in [6.07, 6.45) is -4.42. The molecule has 2 aromatic rings. The highest BCUT2D eigenvalue weighted by Crippen LogP contribution is 2.29. The molecule has 2 rings (SSSR count). The van der Waals surface area contributed by atoms with E-state index < -0.39 is 11.9 Å². The zero-order valence-corrected chi connectivity index (χ0v) is 17.4. The minimum absolute atomic E-state index is 0. The minimum Gasteiger partial charge on any atom is -0.491 e.